The largest absolute Gasteiger partial charge is 0.340 e. The Morgan fingerprint density at radius 2 is 2.17 bits per heavy atom. The van der Waals surface area contributed by atoms with Gasteiger partial charge in [0, 0.05) is 25.2 Å². The van der Waals surface area contributed by atoms with Crippen LogP contribution in [0.2, 0.25) is 5.02 Å². The number of amides is 1. The molecule has 2 rings (SSSR count). The summed E-state index contributed by atoms with van der Waals surface area (Å²) in [6.07, 6.45) is 2.35. The molecule has 1 heterocycles. The normalized spacial score (nSPS) is 10.3. The molecule has 0 atom stereocenters. The molecule has 7 heteroatoms. The van der Waals surface area contributed by atoms with Crippen molar-refractivity contribution in [2.24, 2.45) is 0 Å². The van der Waals surface area contributed by atoms with Gasteiger partial charge in [0.15, 0.2) is 0 Å². The van der Waals surface area contributed by atoms with Gasteiger partial charge in [-0.05, 0) is 31.7 Å². The van der Waals surface area contributed by atoms with E-state index in [0.717, 1.165) is 17.9 Å². The van der Waals surface area contributed by atoms with Gasteiger partial charge in [0.1, 0.15) is 0 Å². The van der Waals surface area contributed by atoms with Gasteiger partial charge in [0.25, 0.3) is 5.91 Å². The Kier molecular flexibility index (Phi) is 7.55. The average Bonchev–Trinajstić information content (AvgIpc) is 2.95. The standard InChI is InChI=1S/C16H21ClN4O.ClH/c1-4-15-14(16(22)20(3)9-8-18-2)11-19-21(15)13-7-5-6-12(17)10-13;/h5-7,10-11,18H,4,8-9H2,1-3H3;1H. The Bertz CT molecular complexity index is 657. The molecule has 1 N–H and O–H groups in total. The number of aromatic nitrogens is 2. The fourth-order valence-electron chi connectivity index (χ4n) is 2.31. The van der Waals surface area contributed by atoms with E-state index < -0.39 is 0 Å². The SMILES string of the molecule is CCc1c(C(=O)N(C)CCNC)cnn1-c1cccc(Cl)c1.Cl. The molecule has 0 aliphatic carbocycles. The van der Waals surface area contributed by atoms with Crippen LogP contribution in [0.1, 0.15) is 23.0 Å². The van der Waals surface area contributed by atoms with E-state index in [4.69, 9.17) is 11.6 Å². The minimum absolute atomic E-state index is 0. The van der Waals surface area contributed by atoms with Crippen LogP contribution in [0, 0.1) is 0 Å². The van der Waals surface area contributed by atoms with E-state index >= 15 is 0 Å². The lowest BCUT2D eigenvalue weighted by Gasteiger charge is -2.17. The zero-order valence-corrected chi connectivity index (χ0v) is 15.1. The molecule has 5 nitrogen and oxygen atoms in total. The highest BCUT2D eigenvalue weighted by atomic mass is 35.5. The van der Waals surface area contributed by atoms with Gasteiger partial charge < -0.3 is 10.2 Å². The summed E-state index contributed by atoms with van der Waals surface area (Å²) >= 11 is 6.04. The lowest BCUT2D eigenvalue weighted by Crippen LogP contribution is -2.33. The number of likely N-dealkylation sites (N-methyl/N-ethyl adjacent to an activating group) is 2. The van der Waals surface area contributed by atoms with Crippen LogP contribution < -0.4 is 5.32 Å². The fraction of sp³-hybridized carbons (Fsp3) is 0.375. The van der Waals surface area contributed by atoms with Crippen molar-refractivity contribution in [3.8, 4) is 5.69 Å². The number of carbonyl (C=O) groups excluding carboxylic acids is 1. The zero-order chi connectivity index (χ0) is 16.1. The van der Waals surface area contributed by atoms with Crippen molar-refractivity contribution in [2.45, 2.75) is 13.3 Å². The van der Waals surface area contributed by atoms with Crippen molar-refractivity contribution in [2.75, 3.05) is 27.2 Å². The molecule has 1 aromatic carbocycles. The first-order valence-electron chi connectivity index (χ1n) is 7.31. The predicted octanol–water partition coefficient (Wildman–Crippen LogP) is 2.80. The lowest BCUT2D eigenvalue weighted by molar-refractivity contribution is 0.0796. The molecule has 2 aromatic rings. The Balaban J connectivity index is 0.00000264. The van der Waals surface area contributed by atoms with Crippen LogP contribution in [0.5, 0.6) is 0 Å². The molecule has 126 valence electrons. The van der Waals surface area contributed by atoms with E-state index in [-0.39, 0.29) is 18.3 Å². The maximum Gasteiger partial charge on any atom is 0.257 e. The van der Waals surface area contributed by atoms with E-state index in [1.165, 1.54) is 0 Å². The molecule has 0 bridgehead atoms. The third kappa shape index (κ3) is 4.47. The highest BCUT2D eigenvalue weighted by Crippen LogP contribution is 2.19. The highest BCUT2D eigenvalue weighted by Gasteiger charge is 2.20. The van der Waals surface area contributed by atoms with Crippen LogP contribution in [-0.2, 0) is 6.42 Å². The first-order chi connectivity index (χ1) is 10.6. The number of rotatable bonds is 6. The van der Waals surface area contributed by atoms with E-state index in [1.54, 1.807) is 22.8 Å². The van der Waals surface area contributed by atoms with Crippen LogP contribution >= 0.6 is 24.0 Å². The first kappa shape index (κ1) is 19.5. The number of nitrogens with one attached hydrogen (secondary N) is 1. The maximum absolute atomic E-state index is 12.6. The van der Waals surface area contributed by atoms with Crippen molar-refractivity contribution < 1.29 is 4.79 Å². The number of benzene rings is 1. The van der Waals surface area contributed by atoms with Gasteiger partial charge in [-0.1, -0.05) is 24.6 Å². The molecule has 0 saturated heterocycles. The van der Waals surface area contributed by atoms with Crippen LogP contribution in [0.3, 0.4) is 0 Å². The minimum Gasteiger partial charge on any atom is -0.340 e. The molecule has 1 amide bonds. The Labute approximate surface area is 148 Å². The average molecular weight is 357 g/mol. The van der Waals surface area contributed by atoms with Crippen LogP contribution in [-0.4, -0.2) is 47.8 Å². The van der Waals surface area contributed by atoms with E-state index in [2.05, 4.69) is 10.4 Å². The quantitative estimate of drug-likeness (QED) is 0.865. The number of hydrogen-bond acceptors (Lipinski definition) is 3. The van der Waals surface area contributed by atoms with Crippen molar-refractivity contribution in [3.63, 3.8) is 0 Å². The van der Waals surface area contributed by atoms with Gasteiger partial charge in [-0.15, -0.1) is 12.4 Å². The zero-order valence-electron chi connectivity index (χ0n) is 13.5. The molecule has 0 unspecified atom stereocenters. The molecule has 0 saturated carbocycles. The first-order valence-corrected chi connectivity index (χ1v) is 7.69. The molecule has 0 spiro atoms. The van der Waals surface area contributed by atoms with E-state index in [0.29, 0.717) is 23.6 Å². The summed E-state index contributed by atoms with van der Waals surface area (Å²) in [5, 5.41) is 8.07. The number of hydrogen-bond donors (Lipinski definition) is 1. The Morgan fingerprint density at radius 1 is 1.43 bits per heavy atom. The lowest BCUT2D eigenvalue weighted by atomic mass is 10.1. The summed E-state index contributed by atoms with van der Waals surface area (Å²) in [6.45, 7) is 3.43. The number of halogens is 2. The number of nitrogens with zero attached hydrogens (tertiary/aromatic N) is 3. The summed E-state index contributed by atoms with van der Waals surface area (Å²) in [5.41, 5.74) is 2.39. The summed E-state index contributed by atoms with van der Waals surface area (Å²) in [5.74, 6) is -0.0135. The molecule has 0 fully saturated rings. The van der Waals surface area contributed by atoms with Gasteiger partial charge in [0.2, 0.25) is 0 Å². The Hall–Kier alpha value is -1.56. The number of carbonyl (C=O) groups is 1. The predicted molar refractivity (Wildman–Crippen MR) is 96.1 cm³/mol. The topological polar surface area (TPSA) is 50.2 Å². The second-order valence-corrected chi connectivity index (χ2v) is 5.52. The van der Waals surface area contributed by atoms with Crippen molar-refractivity contribution in [1.82, 2.24) is 20.0 Å². The second kappa shape index (κ2) is 8.91. The molecule has 0 aliphatic heterocycles. The van der Waals surface area contributed by atoms with Crippen LogP contribution in [0.15, 0.2) is 30.5 Å². The highest BCUT2D eigenvalue weighted by molar-refractivity contribution is 6.30. The van der Waals surface area contributed by atoms with Crippen molar-refractivity contribution in [1.29, 1.82) is 0 Å². The molecule has 0 radical (unpaired) electrons. The molecular weight excluding hydrogens is 335 g/mol. The van der Waals surface area contributed by atoms with E-state index in [9.17, 15) is 4.79 Å². The molecule has 23 heavy (non-hydrogen) atoms. The molecule has 0 aliphatic rings. The monoisotopic (exact) mass is 356 g/mol. The third-order valence-corrected chi connectivity index (χ3v) is 3.77. The van der Waals surface area contributed by atoms with Crippen molar-refractivity contribution in [3.05, 3.63) is 46.7 Å². The summed E-state index contributed by atoms with van der Waals surface area (Å²) in [7, 11) is 3.67. The van der Waals surface area contributed by atoms with Gasteiger partial charge in [-0.3, -0.25) is 4.79 Å². The Morgan fingerprint density at radius 3 is 2.78 bits per heavy atom. The molecule has 1 aromatic heterocycles. The van der Waals surface area contributed by atoms with Gasteiger partial charge in [-0.25, -0.2) is 4.68 Å². The van der Waals surface area contributed by atoms with Gasteiger partial charge in [-0.2, -0.15) is 5.10 Å². The van der Waals surface area contributed by atoms with Gasteiger partial charge in [0.05, 0.1) is 23.1 Å². The third-order valence-electron chi connectivity index (χ3n) is 3.53. The smallest absolute Gasteiger partial charge is 0.257 e. The second-order valence-electron chi connectivity index (χ2n) is 5.08. The van der Waals surface area contributed by atoms with Crippen LogP contribution in [0.4, 0.5) is 0 Å². The molecular formula is C16H22Cl2N4O. The van der Waals surface area contributed by atoms with Crippen molar-refractivity contribution >= 4 is 29.9 Å². The van der Waals surface area contributed by atoms with Crippen LogP contribution in [0.25, 0.3) is 5.69 Å². The summed E-state index contributed by atoms with van der Waals surface area (Å²) in [4.78, 5) is 14.3. The van der Waals surface area contributed by atoms with Gasteiger partial charge >= 0.3 is 0 Å². The van der Waals surface area contributed by atoms with E-state index in [1.807, 2.05) is 38.2 Å². The minimum atomic E-state index is -0.0135. The summed E-state index contributed by atoms with van der Waals surface area (Å²) in [6, 6.07) is 7.46. The fourth-order valence-corrected chi connectivity index (χ4v) is 2.49. The maximum atomic E-state index is 12.6. The summed E-state index contributed by atoms with van der Waals surface area (Å²) < 4.78 is 1.78.